The number of hydrogen-bond acceptors (Lipinski definition) is 1. The second kappa shape index (κ2) is 5.49. The van der Waals surface area contributed by atoms with E-state index in [2.05, 4.69) is 5.32 Å². The first-order chi connectivity index (χ1) is 9.02. The molecule has 0 bridgehead atoms. The van der Waals surface area contributed by atoms with Crippen LogP contribution in [0.25, 0.3) is 11.1 Å². The van der Waals surface area contributed by atoms with Gasteiger partial charge in [0.1, 0.15) is 11.6 Å². The maximum absolute atomic E-state index is 14.0. The van der Waals surface area contributed by atoms with Crippen molar-refractivity contribution < 1.29 is 8.78 Å². The molecule has 1 N–H and O–H groups in total. The summed E-state index contributed by atoms with van der Waals surface area (Å²) in [6, 6.07) is 8.42. The zero-order valence-electron chi connectivity index (χ0n) is 11.3. The SMILES string of the molecule is CNCc1ccc(C)cc1-c1cc(C)c(F)cc1F. The Balaban J connectivity index is 2.63. The summed E-state index contributed by atoms with van der Waals surface area (Å²) in [7, 11) is 1.84. The quantitative estimate of drug-likeness (QED) is 0.881. The molecule has 0 aliphatic carbocycles. The first kappa shape index (κ1) is 13.7. The molecule has 2 aromatic rings. The van der Waals surface area contributed by atoms with Crippen LogP contribution in [0.15, 0.2) is 30.3 Å². The van der Waals surface area contributed by atoms with Gasteiger partial charge in [-0.25, -0.2) is 8.78 Å². The Morgan fingerprint density at radius 3 is 2.37 bits per heavy atom. The van der Waals surface area contributed by atoms with Gasteiger partial charge < -0.3 is 5.32 Å². The first-order valence-corrected chi connectivity index (χ1v) is 6.23. The van der Waals surface area contributed by atoms with Crippen LogP contribution in [0.1, 0.15) is 16.7 Å². The van der Waals surface area contributed by atoms with Gasteiger partial charge in [-0.15, -0.1) is 0 Å². The molecule has 0 unspecified atom stereocenters. The predicted octanol–water partition coefficient (Wildman–Crippen LogP) is 3.97. The number of halogens is 2. The Labute approximate surface area is 112 Å². The standard InChI is InChI=1S/C16H17F2N/c1-10-4-5-12(9-19-3)13(6-10)14-7-11(2)15(17)8-16(14)18/h4-8,19H,9H2,1-3H3. The highest BCUT2D eigenvalue weighted by Crippen LogP contribution is 2.29. The summed E-state index contributed by atoms with van der Waals surface area (Å²) in [6.45, 7) is 4.25. The van der Waals surface area contributed by atoms with E-state index < -0.39 is 11.6 Å². The third kappa shape index (κ3) is 2.82. The van der Waals surface area contributed by atoms with Crippen molar-refractivity contribution in [3.05, 3.63) is 58.7 Å². The van der Waals surface area contributed by atoms with E-state index in [0.717, 1.165) is 22.8 Å². The van der Waals surface area contributed by atoms with Crippen molar-refractivity contribution in [2.45, 2.75) is 20.4 Å². The molecule has 19 heavy (non-hydrogen) atoms. The maximum Gasteiger partial charge on any atom is 0.133 e. The number of benzene rings is 2. The van der Waals surface area contributed by atoms with Gasteiger partial charge in [0.25, 0.3) is 0 Å². The second-order valence-electron chi connectivity index (χ2n) is 4.77. The zero-order valence-corrected chi connectivity index (χ0v) is 11.3. The lowest BCUT2D eigenvalue weighted by molar-refractivity contribution is 0.579. The third-order valence-electron chi connectivity index (χ3n) is 3.17. The van der Waals surface area contributed by atoms with E-state index >= 15 is 0 Å². The van der Waals surface area contributed by atoms with Gasteiger partial charge in [0, 0.05) is 18.2 Å². The Kier molecular flexibility index (Phi) is 3.96. The molecule has 0 heterocycles. The van der Waals surface area contributed by atoms with Crippen LogP contribution in [0, 0.1) is 25.5 Å². The van der Waals surface area contributed by atoms with Crippen LogP contribution in [0.4, 0.5) is 8.78 Å². The zero-order chi connectivity index (χ0) is 14.0. The molecule has 0 aliphatic heterocycles. The summed E-state index contributed by atoms with van der Waals surface area (Å²) < 4.78 is 27.4. The Morgan fingerprint density at radius 1 is 0.947 bits per heavy atom. The average molecular weight is 261 g/mol. The molecule has 2 rings (SSSR count). The van der Waals surface area contributed by atoms with E-state index in [4.69, 9.17) is 0 Å². The minimum Gasteiger partial charge on any atom is -0.316 e. The fourth-order valence-electron chi connectivity index (χ4n) is 2.15. The Hall–Kier alpha value is -1.74. The minimum atomic E-state index is -0.522. The predicted molar refractivity (Wildman–Crippen MR) is 74.0 cm³/mol. The molecule has 2 aromatic carbocycles. The molecular weight excluding hydrogens is 244 g/mol. The highest BCUT2D eigenvalue weighted by molar-refractivity contribution is 5.69. The summed E-state index contributed by atoms with van der Waals surface area (Å²) in [5.74, 6) is -1.03. The highest BCUT2D eigenvalue weighted by atomic mass is 19.1. The molecule has 0 radical (unpaired) electrons. The molecule has 100 valence electrons. The van der Waals surface area contributed by atoms with Crippen molar-refractivity contribution in [1.82, 2.24) is 5.32 Å². The summed E-state index contributed by atoms with van der Waals surface area (Å²) in [6.07, 6.45) is 0. The largest absolute Gasteiger partial charge is 0.316 e. The van der Waals surface area contributed by atoms with E-state index in [-0.39, 0.29) is 0 Å². The fraction of sp³-hybridized carbons (Fsp3) is 0.250. The normalized spacial score (nSPS) is 10.8. The van der Waals surface area contributed by atoms with E-state index in [1.165, 1.54) is 0 Å². The number of rotatable bonds is 3. The number of nitrogens with one attached hydrogen (secondary N) is 1. The van der Waals surface area contributed by atoms with Gasteiger partial charge in [-0.1, -0.05) is 23.8 Å². The summed E-state index contributed by atoms with van der Waals surface area (Å²) in [4.78, 5) is 0. The van der Waals surface area contributed by atoms with Crippen LogP contribution >= 0.6 is 0 Å². The molecule has 1 nitrogen and oxygen atoms in total. The summed E-state index contributed by atoms with van der Waals surface area (Å²) >= 11 is 0. The van der Waals surface area contributed by atoms with Gasteiger partial charge in [0.05, 0.1) is 0 Å². The van der Waals surface area contributed by atoms with E-state index in [9.17, 15) is 8.78 Å². The molecule has 3 heteroatoms. The third-order valence-corrected chi connectivity index (χ3v) is 3.17. The molecule has 0 saturated carbocycles. The van der Waals surface area contributed by atoms with E-state index in [0.29, 0.717) is 17.7 Å². The van der Waals surface area contributed by atoms with Crippen LogP contribution in [0.5, 0.6) is 0 Å². The molecule has 0 spiro atoms. The number of hydrogen-bond donors (Lipinski definition) is 1. The van der Waals surface area contributed by atoms with Gasteiger partial charge in [-0.05, 0) is 43.7 Å². The lowest BCUT2D eigenvalue weighted by atomic mass is 9.95. The topological polar surface area (TPSA) is 12.0 Å². The van der Waals surface area contributed by atoms with Crippen molar-refractivity contribution in [1.29, 1.82) is 0 Å². The van der Waals surface area contributed by atoms with Gasteiger partial charge in [0.2, 0.25) is 0 Å². The van der Waals surface area contributed by atoms with Crippen molar-refractivity contribution >= 4 is 0 Å². The van der Waals surface area contributed by atoms with Crippen LogP contribution in [-0.2, 0) is 6.54 Å². The molecule has 0 saturated heterocycles. The molecule has 0 atom stereocenters. The van der Waals surface area contributed by atoms with Crippen LogP contribution in [-0.4, -0.2) is 7.05 Å². The highest BCUT2D eigenvalue weighted by Gasteiger charge is 2.12. The first-order valence-electron chi connectivity index (χ1n) is 6.23. The smallest absolute Gasteiger partial charge is 0.133 e. The monoisotopic (exact) mass is 261 g/mol. The van der Waals surface area contributed by atoms with Crippen LogP contribution < -0.4 is 5.32 Å². The van der Waals surface area contributed by atoms with Crippen molar-refractivity contribution in [3.63, 3.8) is 0 Å². The fourth-order valence-corrected chi connectivity index (χ4v) is 2.15. The van der Waals surface area contributed by atoms with Crippen molar-refractivity contribution in [2.75, 3.05) is 7.05 Å². The molecule has 0 fully saturated rings. The number of aryl methyl sites for hydroxylation is 2. The molecular formula is C16H17F2N. The van der Waals surface area contributed by atoms with E-state index in [1.54, 1.807) is 13.0 Å². The van der Waals surface area contributed by atoms with Gasteiger partial charge >= 0.3 is 0 Å². The lowest BCUT2D eigenvalue weighted by Crippen LogP contribution is -2.07. The van der Waals surface area contributed by atoms with Crippen molar-refractivity contribution in [3.8, 4) is 11.1 Å². The van der Waals surface area contributed by atoms with Gasteiger partial charge in [0.15, 0.2) is 0 Å². The Bertz CT molecular complexity index is 606. The molecule has 0 amide bonds. The lowest BCUT2D eigenvalue weighted by Gasteiger charge is -2.12. The summed E-state index contributed by atoms with van der Waals surface area (Å²) in [5.41, 5.74) is 3.77. The average Bonchev–Trinajstić information content (AvgIpc) is 2.36. The van der Waals surface area contributed by atoms with Crippen LogP contribution in [0.3, 0.4) is 0 Å². The van der Waals surface area contributed by atoms with Gasteiger partial charge in [-0.2, -0.15) is 0 Å². The van der Waals surface area contributed by atoms with Gasteiger partial charge in [-0.3, -0.25) is 0 Å². The van der Waals surface area contributed by atoms with Crippen molar-refractivity contribution in [2.24, 2.45) is 0 Å². The van der Waals surface area contributed by atoms with E-state index in [1.807, 2.05) is 32.2 Å². The Morgan fingerprint density at radius 2 is 1.68 bits per heavy atom. The summed E-state index contributed by atoms with van der Waals surface area (Å²) in [5, 5.41) is 3.06. The molecule has 0 aromatic heterocycles. The van der Waals surface area contributed by atoms with Crippen LogP contribution in [0.2, 0.25) is 0 Å². The minimum absolute atomic E-state index is 0.452. The second-order valence-corrected chi connectivity index (χ2v) is 4.77. The molecule has 0 aliphatic rings. The maximum atomic E-state index is 14.0.